The highest BCUT2D eigenvalue weighted by Crippen LogP contribution is 2.14. The van der Waals surface area contributed by atoms with Crippen molar-refractivity contribution in [2.45, 2.75) is 18.5 Å². The second-order valence-corrected chi connectivity index (χ2v) is 3.15. The zero-order valence-electron chi connectivity index (χ0n) is 7.69. The molecule has 2 nitrogen and oxygen atoms in total. The van der Waals surface area contributed by atoms with Crippen LogP contribution in [0.2, 0.25) is 0 Å². The van der Waals surface area contributed by atoms with Gasteiger partial charge in [0.15, 0.2) is 0 Å². The van der Waals surface area contributed by atoms with Crippen LogP contribution in [0.25, 0.3) is 0 Å². The van der Waals surface area contributed by atoms with Crippen molar-refractivity contribution in [3.05, 3.63) is 48.6 Å². The van der Waals surface area contributed by atoms with Crippen LogP contribution in [-0.2, 0) is 0 Å². The third-order valence-electron chi connectivity index (χ3n) is 2.06. The lowest BCUT2D eigenvalue weighted by atomic mass is 10.0. The molecule has 2 atom stereocenters. The number of nitrogens with two attached hydrogens (primary N) is 2. The van der Waals surface area contributed by atoms with Gasteiger partial charge in [0.05, 0.1) is 0 Å². The minimum atomic E-state index is -0.0183. The highest BCUT2D eigenvalue weighted by Gasteiger charge is 2.07. The summed E-state index contributed by atoms with van der Waals surface area (Å²) in [6.45, 7) is 3.63. The molecule has 70 valence electrons. The Labute approximate surface area is 79.2 Å². The van der Waals surface area contributed by atoms with E-state index in [-0.39, 0.29) is 12.1 Å². The summed E-state index contributed by atoms with van der Waals surface area (Å²) in [5.41, 5.74) is 12.8. The van der Waals surface area contributed by atoms with Crippen molar-refractivity contribution in [2.75, 3.05) is 0 Å². The predicted octanol–water partition coefficient (Wildman–Crippen LogP) is 1.59. The molecular weight excluding hydrogens is 160 g/mol. The van der Waals surface area contributed by atoms with Crippen molar-refractivity contribution in [3.63, 3.8) is 0 Å². The van der Waals surface area contributed by atoms with Crippen molar-refractivity contribution in [1.82, 2.24) is 0 Å². The fourth-order valence-electron chi connectivity index (χ4n) is 1.23. The lowest BCUT2D eigenvalue weighted by Gasteiger charge is -2.14. The summed E-state index contributed by atoms with van der Waals surface area (Å²) in [6.07, 6.45) is 2.47. The number of hydrogen-bond donors (Lipinski definition) is 2. The summed E-state index contributed by atoms with van der Waals surface area (Å²) in [5.74, 6) is 0. The molecule has 0 radical (unpaired) electrons. The first-order valence-corrected chi connectivity index (χ1v) is 4.42. The van der Waals surface area contributed by atoms with Crippen LogP contribution in [0, 0.1) is 0 Å². The summed E-state index contributed by atoms with van der Waals surface area (Å²) >= 11 is 0. The normalized spacial score (nSPS) is 14.9. The van der Waals surface area contributed by atoms with Crippen LogP contribution in [0.4, 0.5) is 0 Å². The summed E-state index contributed by atoms with van der Waals surface area (Å²) in [4.78, 5) is 0. The van der Waals surface area contributed by atoms with E-state index in [1.54, 1.807) is 6.08 Å². The topological polar surface area (TPSA) is 52.0 Å². The molecule has 0 aliphatic rings. The average molecular weight is 176 g/mol. The van der Waals surface area contributed by atoms with Crippen LogP contribution in [0.3, 0.4) is 0 Å². The lowest BCUT2D eigenvalue weighted by molar-refractivity contribution is 0.601. The maximum absolute atomic E-state index is 5.94. The van der Waals surface area contributed by atoms with Crippen LogP contribution < -0.4 is 11.5 Å². The van der Waals surface area contributed by atoms with Crippen molar-refractivity contribution in [2.24, 2.45) is 11.5 Å². The Balaban J connectivity index is 2.58. The SMILES string of the molecule is C=C[C@@H](N)C[C@H](N)c1ccccc1. The molecule has 0 amide bonds. The summed E-state index contributed by atoms with van der Waals surface area (Å²) in [7, 11) is 0. The molecule has 0 aromatic heterocycles. The smallest absolute Gasteiger partial charge is 0.0312 e. The predicted molar refractivity (Wildman–Crippen MR) is 56.2 cm³/mol. The Bertz CT molecular complexity index is 256. The van der Waals surface area contributed by atoms with E-state index in [0.29, 0.717) is 0 Å². The van der Waals surface area contributed by atoms with Crippen molar-refractivity contribution in [1.29, 1.82) is 0 Å². The third kappa shape index (κ3) is 3.01. The molecule has 0 spiro atoms. The second kappa shape index (κ2) is 4.80. The molecule has 1 rings (SSSR count). The Hall–Kier alpha value is -1.12. The molecule has 0 saturated carbocycles. The number of hydrogen-bond acceptors (Lipinski definition) is 2. The first-order valence-electron chi connectivity index (χ1n) is 4.42. The molecule has 4 N–H and O–H groups in total. The van der Waals surface area contributed by atoms with Gasteiger partial charge in [0.1, 0.15) is 0 Å². The zero-order valence-corrected chi connectivity index (χ0v) is 7.69. The fraction of sp³-hybridized carbons (Fsp3) is 0.273. The van der Waals surface area contributed by atoms with Gasteiger partial charge in [-0.15, -0.1) is 6.58 Å². The van der Waals surface area contributed by atoms with Crippen LogP contribution in [-0.4, -0.2) is 6.04 Å². The van der Waals surface area contributed by atoms with Crippen LogP contribution >= 0.6 is 0 Å². The summed E-state index contributed by atoms with van der Waals surface area (Å²) < 4.78 is 0. The first kappa shape index (κ1) is 9.96. The van der Waals surface area contributed by atoms with Gasteiger partial charge in [-0.1, -0.05) is 36.4 Å². The number of benzene rings is 1. The molecule has 2 heteroatoms. The van der Waals surface area contributed by atoms with Gasteiger partial charge in [-0.2, -0.15) is 0 Å². The largest absolute Gasteiger partial charge is 0.324 e. The van der Waals surface area contributed by atoms with Crippen LogP contribution in [0.5, 0.6) is 0 Å². The van der Waals surface area contributed by atoms with Crippen LogP contribution in [0.1, 0.15) is 18.0 Å². The Morgan fingerprint density at radius 2 is 1.85 bits per heavy atom. The van der Waals surface area contributed by atoms with Gasteiger partial charge in [0, 0.05) is 12.1 Å². The molecule has 0 heterocycles. The van der Waals surface area contributed by atoms with E-state index in [4.69, 9.17) is 11.5 Å². The highest BCUT2D eigenvalue weighted by atomic mass is 14.7. The molecule has 0 fully saturated rings. The molecule has 0 saturated heterocycles. The third-order valence-corrected chi connectivity index (χ3v) is 2.06. The van der Waals surface area contributed by atoms with Gasteiger partial charge in [0.25, 0.3) is 0 Å². The molecular formula is C11H16N2. The standard InChI is InChI=1S/C11H16N2/c1-2-10(12)8-11(13)9-6-4-3-5-7-9/h2-7,10-11H,1,8,12-13H2/t10-,11+/m1/s1. The molecule has 0 unspecified atom stereocenters. The fourth-order valence-corrected chi connectivity index (χ4v) is 1.23. The Morgan fingerprint density at radius 3 is 2.38 bits per heavy atom. The van der Waals surface area contributed by atoms with E-state index < -0.39 is 0 Å². The van der Waals surface area contributed by atoms with Gasteiger partial charge in [0.2, 0.25) is 0 Å². The Morgan fingerprint density at radius 1 is 1.23 bits per heavy atom. The average Bonchev–Trinajstić information content (AvgIpc) is 2.19. The van der Waals surface area contributed by atoms with Gasteiger partial charge >= 0.3 is 0 Å². The second-order valence-electron chi connectivity index (χ2n) is 3.15. The van der Waals surface area contributed by atoms with E-state index in [9.17, 15) is 0 Å². The first-order chi connectivity index (χ1) is 6.24. The molecule has 0 aliphatic carbocycles. The lowest BCUT2D eigenvalue weighted by Crippen LogP contribution is -2.24. The van der Waals surface area contributed by atoms with E-state index >= 15 is 0 Å². The van der Waals surface area contributed by atoms with Gasteiger partial charge in [-0.25, -0.2) is 0 Å². The van der Waals surface area contributed by atoms with Crippen molar-refractivity contribution < 1.29 is 0 Å². The number of rotatable bonds is 4. The highest BCUT2D eigenvalue weighted by molar-refractivity contribution is 5.18. The quantitative estimate of drug-likeness (QED) is 0.684. The molecule has 0 bridgehead atoms. The molecule has 0 aliphatic heterocycles. The van der Waals surface area contributed by atoms with Gasteiger partial charge in [-0.05, 0) is 12.0 Å². The maximum atomic E-state index is 5.94. The molecule has 1 aromatic carbocycles. The maximum Gasteiger partial charge on any atom is 0.0312 e. The summed E-state index contributed by atoms with van der Waals surface area (Å²) in [6, 6.07) is 9.96. The van der Waals surface area contributed by atoms with Gasteiger partial charge in [-0.3, -0.25) is 0 Å². The van der Waals surface area contributed by atoms with Crippen molar-refractivity contribution >= 4 is 0 Å². The van der Waals surface area contributed by atoms with E-state index in [1.165, 1.54) is 0 Å². The van der Waals surface area contributed by atoms with E-state index in [1.807, 2.05) is 30.3 Å². The molecule has 1 aromatic rings. The van der Waals surface area contributed by atoms with E-state index in [0.717, 1.165) is 12.0 Å². The van der Waals surface area contributed by atoms with Crippen LogP contribution in [0.15, 0.2) is 43.0 Å². The van der Waals surface area contributed by atoms with E-state index in [2.05, 4.69) is 6.58 Å². The minimum absolute atomic E-state index is 0.00852. The summed E-state index contributed by atoms with van der Waals surface area (Å²) in [5, 5.41) is 0. The monoisotopic (exact) mass is 176 g/mol. The minimum Gasteiger partial charge on any atom is -0.324 e. The Kier molecular flexibility index (Phi) is 3.68. The van der Waals surface area contributed by atoms with Crippen molar-refractivity contribution in [3.8, 4) is 0 Å². The van der Waals surface area contributed by atoms with Gasteiger partial charge < -0.3 is 11.5 Å². The molecule has 13 heavy (non-hydrogen) atoms. The zero-order chi connectivity index (χ0) is 9.68.